The number of nitrogens with zero attached hydrogens (tertiary/aromatic N) is 5. The number of anilines is 1. The lowest BCUT2D eigenvalue weighted by molar-refractivity contribution is 0.356. The van der Waals surface area contributed by atoms with Crippen molar-refractivity contribution in [3.8, 4) is 0 Å². The van der Waals surface area contributed by atoms with Gasteiger partial charge < -0.3 is 10.2 Å². The largest absolute Gasteiger partial charge is 0.365 e. The summed E-state index contributed by atoms with van der Waals surface area (Å²) in [6.45, 7) is 5.46. The van der Waals surface area contributed by atoms with Crippen LogP contribution in [0.5, 0.6) is 0 Å². The highest BCUT2D eigenvalue weighted by molar-refractivity contribution is 5.86. The summed E-state index contributed by atoms with van der Waals surface area (Å²) in [5.41, 5.74) is 0.857. The lowest BCUT2D eigenvalue weighted by Gasteiger charge is -2.24. The van der Waals surface area contributed by atoms with Gasteiger partial charge in [0.25, 0.3) is 0 Å². The Hall–Kier alpha value is -1.69. The van der Waals surface area contributed by atoms with Crippen molar-refractivity contribution in [3.63, 3.8) is 0 Å². The van der Waals surface area contributed by atoms with Crippen LogP contribution >= 0.6 is 0 Å². The van der Waals surface area contributed by atoms with Gasteiger partial charge in [-0.3, -0.25) is 4.68 Å². The van der Waals surface area contributed by atoms with Gasteiger partial charge in [-0.25, -0.2) is 9.97 Å². The van der Waals surface area contributed by atoms with Gasteiger partial charge in [0.05, 0.1) is 11.6 Å². The third-order valence-electron chi connectivity index (χ3n) is 3.21. The van der Waals surface area contributed by atoms with Crippen molar-refractivity contribution in [2.24, 2.45) is 13.0 Å². The Kier molecular flexibility index (Phi) is 4.54. The first-order valence-corrected chi connectivity index (χ1v) is 7.01. The Morgan fingerprint density at radius 1 is 1.30 bits per heavy atom. The molecule has 0 bridgehead atoms. The fourth-order valence-electron chi connectivity index (χ4n) is 2.46. The maximum Gasteiger partial charge on any atom is 0.163 e. The molecule has 6 heteroatoms. The molecule has 0 radical (unpaired) electrons. The van der Waals surface area contributed by atoms with E-state index in [2.05, 4.69) is 53.2 Å². The van der Waals surface area contributed by atoms with Crippen molar-refractivity contribution < 1.29 is 0 Å². The van der Waals surface area contributed by atoms with E-state index >= 15 is 0 Å². The predicted molar refractivity (Wildman–Crippen MR) is 81.7 cm³/mol. The Balaban J connectivity index is 2.23. The molecule has 1 atom stereocenters. The van der Waals surface area contributed by atoms with Crippen LogP contribution in [0, 0.1) is 5.92 Å². The number of hydrogen-bond acceptors (Lipinski definition) is 5. The molecule has 0 aromatic carbocycles. The summed E-state index contributed by atoms with van der Waals surface area (Å²) in [5.74, 6) is 1.51. The second-order valence-corrected chi connectivity index (χ2v) is 5.96. The number of rotatable bonds is 6. The summed E-state index contributed by atoms with van der Waals surface area (Å²) in [6, 6.07) is 0.364. The zero-order valence-corrected chi connectivity index (χ0v) is 13.0. The summed E-state index contributed by atoms with van der Waals surface area (Å²) in [5, 5.41) is 8.78. The van der Waals surface area contributed by atoms with Crippen molar-refractivity contribution in [1.29, 1.82) is 0 Å². The molecule has 2 aromatic rings. The molecule has 0 aliphatic heterocycles. The van der Waals surface area contributed by atoms with Crippen LogP contribution in [0.4, 0.5) is 5.82 Å². The number of aryl methyl sites for hydroxylation is 1. The van der Waals surface area contributed by atoms with Gasteiger partial charge in [-0.1, -0.05) is 13.8 Å². The van der Waals surface area contributed by atoms with Crippen molar-refractivity contribution in [3.05, 3.63) is 12.5 Å². The second-order valence-electron chi connectivity index (χ2n) is 5.96. The monoisotopic (exact) mass is 276 g/mol. The van der Waals surface area contributed by atoms with E-state index in [0.29, 0.717) is 12.0 Å². The van der Waals surface area contributed by atoms with Crippen LogP contribution < -0.4 is 5.32 Å². The lowest BCUT2D eigenvalue weighted by atomic mass is 10.0. The molecule has 1 unspecified atom stereocenters. The summed E-state index contributed by atoms with van der Waals surface area (Å²) >= 11 is 0. The Bertz CT molecular complexity index is 550. The van der Waals surface area contributed by atoms with Gasteiger partial charge in [0.1, 0.15) is 12.1 Å². The smallest absolute Gasteiger partial charge is 0.163 e. The van der Waals surface area contributed by atoms with Crippen LogP contribution in [-0.2, 0) is 7.05 Å². The second kappa shape index (κ2) is 6.17. The first kappa shape index (κ1) is 14.7. The van der Waals surface area contributed by atoms with Crippen LogP contribution in [0.25, 0.3) is 11.0 Å². The fraction of sp³-hybridized carbons (Fsp3) is 0.643. The molecule has 2 rings (SSSR count). The van der Waals surface area contributed by atoms with Crippen molar-refractivity contribution >= 4 is 16.9 Å². The molecular formula is C14H24N6. The summed E-state index contributed by atoms with van der Waals surface area (Å²) in [6.07, 6.45) is 4.51. The summed E-state index contributed by atoms with van der Waals surface area (Å²) in [7, 11) is 6.08. The molecule has 0 spiro atoms. The number of nitrogens with one attached hydrogen (secondary N) is 1. The SMILES string of the molecule is CC(C)CC(CN(C)C)Nc1ncnc2c1cnn2C. The van der Waals surface area contributed by atoms with Crippen LogP contribution in [0.15, 0.2) is 12.5 Å². The average Bonchev–Trinajstić information content (AvgIpc) is 2.71. The van der Waals surface area contributed by atoms with Crippen LogP contribution in [0.2, 0.25) is 0 Å². The maximum atomic E-state index is 4.38. The Labute approximate surface area is 120 Å². The average molecular weight is 276 g/mol. The molecule has 2 aromatic heterocycles. The fourth-order valence-corrected chi connectivity index (χ4v) is 2.46. The van der Waals surface area contributed by atoms with Gasteiger partial charge in [0.2, 0.25) is 0 Å². The highest BCUT2D eigenvalue weighted by Crippen LogP contribution is 2.20. The van der Waals surface area contributed by atoms with Crippen LogP contribution in [0.1, 0.15) is 20.3 Å². The molecule has 0 aliphatic carbocycles. The number of hydrogen-bond donors (Lipinski definition) is 1. The van der Waals surface area contributed by atoms with Gasteiger partial charge in [-0.2, -0.15) is 5.10 Å². The summed E-state index contributed by atoms with van der Waals surface area (Å²) < 4.78 is 1.77. The van der Waals surface area contributed by atoms with Crippen molar-refractivity contribution in [2.45, 2.75) is 26.3 Å². The maximum absolute atomic E-state index is 4.38. The standard InChI is InChI=1S/C14H24N6/c1-10(2)6-11(8-19(3)4)18-13-12-7-17-20(5)14(12)16-9-15-13/h7,9-11H,6,8H2,1-5H3,(H,15,16,18). The first-order valence-electron chi connectivity index (χ1n) is 7.01. The summed E-state index contributed by atoms with van der Waals surface area (Å²) in [4.78, 5) is 10.8. The molecule has 1 N–H and O–H groups in total. The molecule has 0 saturated carbocycles. The molecule has 0 fully saturated rings. The Morgan fingerprint density at radius 3 is 2.70 bits per heavy atom. The highest BCUT2D eigenvalue weighted by atomic mass is 15.3. The molecule has 2 heterocycles. The van der Waals surface area contributed by atoms with E-state index in [1.807, 2.05) is 13.2 Å². The minimum atomic E-state index is 0.364. The van der Waals surface area contributed by atoms with Crippen molar-refractivity contribution in [1.82, 2.24) is 24.6 Å². The van der Waals surface area contributed by atoms with E-state index < -0.39 is 0 Å². The quantitative estimate of drug-likeness (QED) is 0.871. The van der Waals surface area contributed by atoms with E-state index in [4.69, 9.17) is 0 Å². The van der Waals surface area contributed by atoms with E-state index in [1.165, 1.54) is 0 Å². The lowest BCUT2D eigenvalue weighted by Crippen LogP contribution is -2.33. The zero-order chi connectivity index (χ0) is 14.7. The normalized spacial score (nSPS) is 13.3. The third-order valence-corrected chi connectivity index (χ3v) is 3.21. The highest BCUT2D eigenvalue weighted by Gasteiger charge is 2.15. The molecular weight excluding hydrogens is 252 g/mol. The van der Waals surface area contributed by atoms with Crippen LogP contribution in [-0.4, -0.2) is 51.3 Å². The van der Waals surface area contributed by atoms with Crippen molar-refractivity contribution in [2.75, 3.05) is 26.0 Å². The molecule has 6 nitrogen and oxygen atoms in total. The molecule has 20 heavy (non-hydrogen) atoms. The van der Waals surface area contributed by atoms with Gasteiger partial charge in [0, 0.05) is 19.6 Å². The topological polar surface area (TPSA) is 58.9 Å². The zero-order valence-electron chi connectivity index (χ0n) is 13.0. The minimum absolute atomic E-state index is 0.364. The number of likely N-dealkylation sites (N-methyl/N-ethyl adjacent to an activating group) is 1. The molecule has 110 valence electrons. The van der Waals surface area contributed by atoms with Gasteiger partial charge in [-0.15, -0.1) is 0 Å². The van der Waals surface area contributed by atoms with Gasteiger partial charge in [0.15, 0.2) is 5.65 Å². The van der Waals surface area contributed by atoms with Crippen LogP contribution in [0.3, 0.4) is 0 Å². The van der Waals surface area contributed by atoms with E-state index in [0.717, 1.165) is 29.8 Å². The number of fused-ring (bicyclic) bond motifs is 1. The third kappa shape index (κ3) is 3.45. The van der Waals surface area contributed by atoms with Gasteiger partial charge >= 0.3 is 0 Å². The van der Waals surface area contributed by atoms with Gasteiger partial charge in [-0.05, 0) is 26.4 Å². The first-order chi connectivity index (χ1) is 9.47. The predicted octanol–water partition coefficient (Wildman–Crippen LogP) is 1.75. The minimum Gasteiger partial charge on any atom is -0.365 e. The van der Waals surface area contributed by atoms with E-state index in [1.54, 1.807) is 11.0 Å². The number of aromatic nitrogens is 4. The van der Waals surface area contributed by atoms with E-state index in [9.17, 15) is 0 Å². The van der Waals surface area contributed by atoms with E-state index in [-0.39, 0.29) is 0 Å². The Morgan fingerprint density at radius 2 is 2.05 bits per heavy atom. The molecule has 0 saturated heterocycles. The molecule has 0 aliphatic rings. The molecule has 0 amide bonds.